The molecule has 0 bridgehead atoms. The quantitative estimate of drug-likeness (QED) is 0.393. The summed E-state index contributed by atoms with van der Waals surface area (Å²) in [6, 6.07) is 14.8. The number of pyridine rings is 1. The summed E-state index contributed by atoms with van der Waals surface area (Å²) < 4.78 is 0. The monoisotopic (exact) mass is 462 g/mol. The number of nitrogens with zero attached hydrogens (tertiary/aromatic N) is 4. The Morgan fingerprint density at radius 3 is 2.75 bits per heavy atom. The van der Waals surface area contributed by atoms with Gasteiger partial charge in [-0.15, -0.1) is 0 Å². The maximum atomic E-state index is 12.7. The van der Waals surface area contributed by atoms with Crippen LogP contribution in [0.5, 0.6) is 0 Å². The maximum Gasteiger partial charge on any atom is 0.253 e. The van der Waals surface area contributed by atoms with E-state index in [1.807, 2.05) is 36.4 Å². The Morgan fingerprint density at radius 2 is 1.84 bits per heavy atom. The Bertz CT molecular complexity index is 1470. The fourth-order valence-electron chi connectivity index (χ4n) is 3.52. The van der Waals surface area contributed by atoms with Crippen molar-refractivity contribution < 1.29 is 4.79 Å². The molecule has 3 heterocycles. The zero-order valence-electron chi connectivity index (χ0n) is 16.6. The summed E-state index contributed by atoms with van der Waals surface area (Å²) in [6.07, 6.45) is 3.72. The molecule has 2 aromatic carbocycles. The lowest BCUT2D eigenvalue weighted by Gasteiger charge is -2.06. The third-order valence-corrected chi connectivity index (χ3v) is 5.54. The van der Waals surface area contributed by atoms with E-state index in [0.717, 1.165) is 27.4 Å². The molecular formula is C23H16Cl2N6O. The molecule has 2 N–H and O–H groups in total. The fraction of sp³-hybridized carbons (Fsp3) is 0.0870. The van der Waals surface area contributed by atoms with E-state index in [9.17, 15) is 4.79 Å². The number of aromatic nitrogens is 5. The second kappa shape index (κ2) is 8.53. The topological polar surface area (TPSA) is 96.5 Å². The molecule has 0 saturated heterocycles. The van der Waals surface area contributed by atoms with Crippen LogP contribution in [0.3, 0.4) is 0 Å². The van der Waals surface area contributed by atoms with Crippen LogP contribution in [0.15, 0.2) is 60.9 Å². The minimum Gasteiger partial charge on any atom is -0.346 e. The van der Waals surface area contributed by atoms with Gasteiger partial charge < -0.3 is 5.32 Å². The van der Waals surface area contributed by atoms with Crippen LogP contribution in [0.1, 0.15) is 27.3 Å². The molecule has 5 aromatic rings. The Balaban J connectivity index is 1.31. The van der Waals surface area contributed by atoms with Gasteiger partial charge in [0.25, 0.3) is 5.91 Å². The molecule has 0 spiro atoms. The van der Waals surface area contributed by atoms with Gasteiger partial charge in [0.1, 0.15) is 0 Å². The summed E-state index contributed by atoms with van der Waals surface area (Å²) in [5, 5.41) is 21.3. The number of rotatable bonds is 5. The average molecular weight is 463 g/mol. The number of hydrogen-bond acceptors (Lipinski definition) is 5. The number of carbonyl (C=O) groups excluding carboxylic acids is 1. The van der Waals surface area contributed by atoms with Crippen molar-refractivity contribution in [1.82, 2.24) is 30.7 Å². The lowest BCUT2D eigenvalue weighted by molar-refractivity contribution is 0.0950. The molecule has 7 nitrogen and oxygen atoms in total. The van der Waals surface area contributed by atoms with E-state index in [1.54, 1.807) is 18.3 Å². The average Bonchev–Trinajstić information content (AvgIpc) is 3.19. The highest BCUT2D eigenvalue weighted by Crippen LogP contribution is 2.21. The van der Waals surface area contributed by atoms with Gasteiger partial charge in [-0.25, -0.2) is 0 Å². The molecule has 0 atom stereocenters. The Morgan fingerprint density at radius 1 is 1.00 bits per heavy atom. The van der Waals surface area contributed by atoms with Crippen LogP contribution < -0.4 is 5.32 Å². The fourth-order valence-corrected chi connectivity index (χ4v) is 3.87. The number of nitrogens with one attached hydrogen (secondary N) is 2. The molecule has 0 radical (unpaired) electrons. The van der Waals surface area contributed by atoms with Crippen LogP contribution in [0.4, 0.5) is 0 Å². The number of fused-ring (bicyclic) bond motifs is 2. The van der Waals surface area contributed by atoms with Crippen molar-refractivity contribution in [3.63, 3.8) is 0 Å². The lowest BCUT2D eigenvalue weighted by atomic mass is 10.1. The zero-order valence-corrected chi connectivity index (χ0v) is 18.2. The predicted octanol–water partition coefficient (Wildman–Crippen LogP) is 4.73. The lowest BCUT2D eigenvalue weighted by Crippen LogP contribution is -2.23. The van der Waals surface area contributed by atoms with Gasteiger partial charge in [0, 0.05) is 33.4 Å². The molecule has 0 saturated carbocycles. The Hall–Kier alpha value is -3.55. The van der Waals surface area contributed by atoms with Gasteiger partial charge in [-0.3, -0.25) is 14.9 Å². The van der Waals surface area contributed by atoms with Gasteiger partial charge in [-0.05, 0) is 54.1 Å². The molecule has 0 fully saturated rings. The molecule has 158 valence electrons. The minimum atomic E-state index is -0.261. The highest BCUT2D eigenvalue weighted by Gasteiger charge is 2.12. The number of aromatic amines is 1. The molecule has 5 rings (SSSR count). The summed E-state index contributed by atoms with van der Waals surface area (Å²) in [6.45, 7) is 0.256. The first kappa shape index (κ1) is 20.4. The normalized spacial score (nSPS) is 11.2. The zero-order chi connectivity index (χ0) is 22.1. The van der Waals surface area contributed by atoms with Gasteiger partial charge in [0.2, 0.25) is 0 Å². The van der Waals surface area contributed by atoms with Crippen molar-refractivity contribution >= 4 is 50.9 Å². The molecular weight excluding hydrogens is 447 g/mol. The standard InChI is InChI=1S/C23H16Cl2N6O/c24-16-1-3-20-14(7-16)5-13(10-26-20)6-18-8-15(11-28-29-18)23(32)27-12-22-19-9-17(25)2-4-21(19)30-31-22/h1-5,7-11H,6,12H2,(H,27,32)(H,30,31). The van der Waals surface area contributed by atoms with Crippen molar-refractivity contribution in [2.45, 2.75) is 13.0 Å². The number of halogens is 2. The maximum absolute atomic E-state index is 12.7. The van der Waals surface area contributed by atoms with Crippen LogP contribution in [0.2, 0.25) is 10.0 Å². The van der Waals surface area contributed by atoms with Gasteiger partial charge >= 0.3 is 0 Å². The van der Waals surface area contributed by atoms with Crippen molar-refractivity contribution in [2.24, 2.45) is 0 Å². The SMILES string of the molecule is O=C(NCc1n[nH]c2ccc(Cl)cc12)c1cnnc(Cc2cnc3ccc(Cl)cc3c2)c1. The summed E-state index contributed by atoms with van der Waals surface area (Å²) in [5.74, 6) is -0.261. The molecule has 3 aromatic heterocycles. The molecule has 0 aliphatic rings. The number of benzene rings is 2. The van der Waals surface area contributed by atoms with Crippen LogP contribution >= 0.6 is 23.2 Å². The molecule has 32 heavy (non-hydrogen) atoms. The second-order valence-corrected chi connectivity index (χ2v) is 8.21. The van der Waals surface area contributed by atoms with E-state index in [4.69, 9.17) is 23.2 Å². The number of hydrogen-bond donors (Lipinski definition) is 2. The second-order valence-electron chi connectivity index (χ2n) is 7.34. The summed E-state index contributed by atoms with van der Waals surface area (Å²) in [5.41, 5.74) is 4.47. The van der Waals surface area contributed by atoms with Crippen molar-refractivity contribution in [2.75, 3.05) is 0 Å². The number of H-pyrrole nitrogens is 1. The summed E-state index contributed by atoms with van der Waals surface area (Å²) >= 11 is 12.2. The third kappa shape index (κ3) is 4.26. The first-order chi connectivity index (χ1) is 15.5. The number of carbonyl (C=O) groups is 1. The van der Waals surface area contributed by atoms with Gasteiger partial charge in [0.05, 0.1) is 40.7 Å². The van der Waals surface area contributed by atoms with Gasteiger partial charge in [-0.2, -0.15) is 15.3 Å². The summed E-state index contributed by atoms with van der Waals surface area (Å²) in [7, 11) is 0. The Kier molecular flexibility index (Phi) is 5.43. The van der Waals surface area contributed by atoms with Gasteiger partial charge in [0.15, 0.2) is 0 Å². The van der Waals surface area contributed by atoms with E-state index >= 15 is 0 Å². The van der Waals surface area contributed by atoms with Gasteiger partial charge in [-0.1, -0.05) is 23.2 Å². The highest BCUT2D eigenvalue weighted by molar-refractivity contribution is 6.31. The van der Waals surface area contributed by atoms with E-state index in [1.165, 1.54) is 6.20 Å². The molecule has 0 aliphatic carbocycles. The first-order valence-electron chi connectivity index (χ1n) is 9.82. The van der Waals surface area contributed by atoms with Crippen LogP contribution in [-0.4, -0.2) is 31.3 Å². The molecule has 0 aliphatic heterocycles. The predicted molar refractivity (Wildman–Crippen MR) is 124 cm³/mol. The molecule has 9 heteroatoms. The van der Waals surface area contributed by atoms with E-state index in [-0.39, 0.29) is 12.5 Å². The summed E-state index contributed by atoms with van der Waals surface area (Å²) in [4.78, 5) is 17.1. The van der Waals surface area contributed by atoms with Crippen molar-refractivity contribution in [3.8, 4) is 0 Å². The van der Waals surface area contributed by atoms with Crippen molar-refractivity contribution in [3.05, 3.63) is 93.5 Å². The highest BCUT2D eigenvalue weighted by atomic mass is 35.5. The third-order valence-electron chi connectivity index (χ3n) is 5.07. The molecule has 1 amide bonds. The van der Waals surface area contributed by atoms with E-state index in [0.29, 0.717) is 33.4 Å². The first-order valence-corrected chi connectivity index (χ1v) is 10.6. The minimum absolute atomic E-state index is 0.256. The van der Waals surface area contributed by atoms with Crippen LogP contribution in [-0.2, 0) is 13.0 Å². The Labute approximate surface area is 192 Å². The van der Waals surface area contributed by atoms with Crippen LogP contribution in [0.25, 0.3) is 21.8 Å². The van der Waals surface area contributed by atoms with Crippen LogP contribution in [0, 0.1) is 0 Å². The largest absolute Gasteiger partial charge is 0.346 e. The van der Waals surface area contributed by atoms with E-state index < -0.39 is 0 Å². The van der Waals surface area contributed by atoms with Crippen molar-refractivity contribution in [1.29, 1.82) is 0 Å². The van der Waals surface area contributed by atoms with E-state index in [2.05, 4.69) is 30.7 Å². The number of amides is 1. The molecule has 0 unspecified atom stereocenters. The smallest absolute Gasteiger partial charge is 0.253 e.